The Kier molecular flexibility index (Phi) is 6.90. The third-order valence-electron chi connectivity index (χ3n) is 7.55. The fraction of sp³-hybridized carbons (Fsp3) is 0.182. The zero-order valence-electron chi connectivity index (χ0n) is 22.2. The molecule has 7 heteroatoms. The van der Waals surface area contributed by atoms with Gasteiger partial charge in [-0.15, -0.1) is 0 Å². The number of hydrogen-bond acceptors (Lipinski definition) is 5. The highest BCUT2D eigenvalue weighted by atomic mass is 16.5. The van der Waals surface area contributed by atoms with Gasteiger partial charge < -0.3 is 20.4 Å². The van der Waals surface area contributed by atoms with Crippen molar-refractivity contribution >= 4 is 28.2 Å². The van der Waals surface area contributed by atoms with E-state index in [0.29, 0.717) is 22.6 Å². The van der Waals surface area contributed by atoms with Gasteiger partial charge >= 0.3 is 0 Å². The lowest BCUT2D eigenvalue weighted by Gasteiger charge is -2.16. The van der Waals surface area contributed by atoms with Crippen molar-refractivity contribution in [3.63, 3.8) is 0 Å². The molecule has 0 unspecified atom stereocenters. The second-order valence-electron chi connectivity index (χ2n) is 10.1. The number of anilines is 2. The first-order valence-electron chi connectivity index (χ1n) is 13.4. The molecule has 0 atom stereocenters. The molecule has 0 spiro atoms. The molecule has 1 aliphatic carbocycles. The minimum absolute atomic E-state index is 0.0351. The summed E-state index contributed by atoms with van der Waals surface area (Å²) in [6, 6.07) is 24.1. The molecule has 2 heterocycles. The number of nitrogens with one attached hydrogen (secondary N) is 3. The first-order valence-corrected chi connectivity index (χ1v) is 13.4. The second-order valence-corrected chi connectivity index (χ2v) is 10.1. The number of carbonyl (C=O) groups is 1. The number of hydrogen-bond donors (Lipinski definition) is 3. The molecule has 0 bridgehead atoms. The van der Waals surface area contributed by atoms with Crippen LogP contribution >= 0.6 is 0 Å². The van der Waals surface area contributed by atoms with Crippen molar-refractivity contribution in [2.75, 3.05) is 12.4 Å². The summed E-state index contributed by atoms with van der Waals surface area (Å²) in [5.74, 6) is 0.677. The van der Waals surface area contributed by atoms with E-state index in [1.165, 1.54) is 12.8 Å². The van der Waals surface area contributed by atoms with Crippen LogP contribution in [0.3, 0.4) is 0 Å². The van der Waals surface area contributed by atoms with Gasteiger partial charge in [-0.3, -0.25) is 9.78 Å². The van der Waals surface area contributed by atoms with Gasteiger partial charge in [0.25, 0.3) is 5.91 Å². The van der Waals surface area contributed by atoms with Crippen LogP contribution in [0.5, 0.6) is 5.75 Å². The molecule has 5 aromatic rings. The topological polar surface area (TPSA) is 103 Å². The lowest BCUT2D eigenvalue weighted by molar-refractivity contribution is 0.0938. The van der Waals surface area contributed by atoms with E-state index >= 15 is 0 Å². The van der Waals surface area contributed by atoms with Crippen LogP contribution < -0.4 is 15.4 Å². The first kappa shape index (κ1) is 25.2. The van der Waals surface area contributed by atoms with Crippen molar-refractivity contribution < 1.29 is 9.53 Å². The van der Waals surface area contributed by atoms with Crippen LogP contribution in [0, 0.1) is 11.3 Å². The van der Waals surface area contributed by atoms with Crippen molar-refractivity contribution in [2.45, 2.75) is 31.7 Å². The summed E-state index contributed by atoms with van der Waals surface area (Å²) < 4.78 is 5.70. The van der Waals surface area contributed by atoms with E-state index in [0.717, 1.165) is 51.7 Å². The van der Waals surface area contributed by atoms with Crippen molar-refractivity contribution in [3.05, 3.63) is 96.4 Å². The summed E-state index contributed by atoms with van der Waals surface area (Å²) in [5.41, 5.74) is 7.17. The number of aromatic nitrogens is 2. The fourth-order valence-corrected chi connectivity index (χ4v) is 5.42. The maximum absolute atomic E-state index is 12.7. The van der Waals surface area contributed by atoms with Crippen LogP contribution in [0.15, 0.2) is 85.3 Å². The first-order chi connectivity index (χ1) is 19.6. The number of ether oxygens (including phenoxy) is 1. The minimum Gasteiger partial charge on any atom is -0.496 e. The van der Waals surface area contributed by atoms with Gasteiger partial charge in [0.15, 0.2) is 0 Å². The normalized spacial score (nSPS) is 13.2. The largest absolute Gasteiger partial charge is 0.496 e. The van der Waals surface area contributed by atoms with Crippen LogP contribution in [-0.2, 0) is 0 Å². The second kappa shape index (κ2) is 11.0. The molecule has 3 aromatic carbocycles. The van der Waals surface area contributed by atoms with Gasteiger partial charge in [-0.1, -0.05) is 31.0 Å². The summed E-state index contributed by atoms with van der Waals surface area (Å²) in [4.78, 5) is 20.3. The Balaban J connectivity index is 1.34. The molecular formula is C33H29N5O2. The van der Waals surface area contributed by atoms with Crippen molar-refractivity contribution in [2.24, 2.45) is 0 Å². The maximum atomic E-state index is 12.7. The van der Waals surface area contributed by atoms with E-state index in [9.17, 15) is 10.1 Å². The number of H-pyrrole nitrogens is 1. The highest BCUT2D eigenvalue weighted by Crippen LogP contribution is 2.38. The summed E-state index contributed by atoms with van der Waals surface area (Å²) >= 11 is 0. The number of rotatable bonds is 7. The molecule has 40 heavy (non-hydrogen) atoms. The van der Waals surface area contributed by atoms with Gasteiger partial charge in [-0.2, -0.15) is 5.26 Å². The molecule has 1 aliphatic rings. The van der Waals surface area contributed by atoms with Gasteiger partial charge in [-0.05, 0) is 72.5 Å². The molecule has 3 N–H and O–H groups in total. The molecule has 0 radical (unpaired) electrons. The fourth-order valence-electron chi connectivity index (χ4n) is 5.42. The zero-order chi connectivity index (χ0) is 27.5. The van der Waals surface area contributed by atoms with Gasteiger partial charge in [0.1, 0.15) is 11.8 Å². The van der Waals surface area contributed by atoms with Crippen LogP contribution in [0.2, 0.25) is 0 Å². The molecule has 1 amide bonds. The van der Waals surface area contributed by atoms with Crippen molar-refractivity contribution in [3.8, 4) is 34.1 Å². The number of aromatic amines is 1. The monoisotopic (exact) mass is 527 g/mol. The van der Waals surface area contributed by atoms with Crippen LogP contribution in [0.25, 0.3) is 33.2 Å². The zero-order valence-corrected chi connectivity index (χ0v) is 22.2. The molecule has 2 aromatic heterocycles. The number of amides is 1. The Morgan fingerprint density at radius 1 is 0.975 bits per heavy atom. The number of methoxy groups -OCH3 is 1. The van der Waals surface area contributed by atoms with E-state index in [1.807, 2.05) is 72.9 Å². The summed E-state index contributed by atoms with van der Waals surface area (Å²) in [6.45, 7) is 0. The molecular weight excluding hydrogens is 498 g/mol. The van der Waals surface area contributed by atoms with Crippen LogP contribution in [0.4, 0.5) is 11.4 Å². The van der Waals surface area contributed by atoms with Gasteiger partial charge in [0.05, 0.1) is 18.4 Å². The number of benzene rings is 3. The SMILES string of the molecule is COc1ccc(-c2cncc(C#N)c2Nc2ccc3[nH]ccc3c2)cc1-c1ccc(C(=O)NC2CCCC2)cc1. The average Bonchev–Trinajstić information content (AvgIpc) is 3.69. The Bertz CT molecular complexity index is 1730. The van der Waals surface area contributed by atoms with E-state index in [1.54, 1.807) is 19.5 Å². The van der Waals surface area contributed by atoms with Crippen LogP contribution in [-0.4, -0.2) is 29.0 Å². The van der Waals surface area contributed by atoms with E-state index in [4.69, 9.17) is 4.74 Å². The standard InChI is InChI=1S/C33H29N5O2/c1-40-31-13-10-23(17-28(31)21-6-8-22(9-7-21)33(39)38-26-4-2-3-5-26)29-20-35-19-25(18-34)32(29)37-27-11-12-30-24(16-27)14-15-36-30/h6-17,19-20,26,36H,2-5H2,1H3,(H,35,37)(H,38,39). The predicted molar refractivity (Wildman–Crippen MR) is 158 cm³/mol. The highest BCUT2D eigenvalue weighted by Gasteiger charge is 2.19. The minimum atomic E-state index is -0.0351. The van der Waals surface area contributed by atoms with Crippen molar-refractivity contribution in [1.29, 1.82) is 5.26 Å². The number of carbonyl (C=O) groups excluding carboxylic acids is 1. The Morgan fingerprint density at radius 2 is 1.77 bits per heavy atom. The Hall–Kier alpha value is -5.09. The Labute approximate surface area is 232 Å². The van der Waals surface area contributed by atoms with Gasteiger partial charge in [0, 0.05) is 57.9 Å². The smallest absolute Gasteiger partial charge is 0.251 e. The molecule has 0 saturated heterocycles. The molecule has 1 saturated carbocycles. The molecule has 6 rings (SSSR count). The van der Waals surface area contributed by atoms with Crippen LogP contribution in [0.1, 0.15) is 41.6 Å². The number of nitriles is 1. The third kappa shape index (κ3) is 4.99. The highest BCUT2D eigenvalue weighted by molar-refractivity contribution is 5.95. The Morgan fingerprint density at radius 3 is 2.55 bits per heavy atom. The number of pyridine rings is 1. The number of fused-ring (bicyclic) bond motifs is 1. The summed E-state index contributed by atoms with van der Waals surface area (Å²) in [5, 5.41) is 17.6. The lowest BCUT2D eigenvalue weighted by atomic mass is 9.96. The third-order valence-corrected chi connectivity index (χ3v) is 7.55. The lowest BCUT2D eigenvalue weighted by Crippen LogP contribution is -2.32. The van der Waals surface area contributed by atoms with E-state index < -0.39 is 0 Å². The van der Waals surface area contributed by atoms with Gasteiger partial charge in [-0.25, -0.2) is 0 Å². The maximum Gasteiger partial charge on any atom is 0.251 e. The van der Waals surface area contributed by atoms with Gasteiger partial charge in [0.2, 0.25) is 0 Å². The van der Waals surface area contributed by atoms with E-state index in [2.05, 4.69) is 26.7 Å². The average molecular weight is 528 g/mol. The quantitative estimate of drug-likeness (QED) is 0.208. The summed E-state index contributed by atoms with van der Waals surface area (Å²) in [6.07, 6.45) is 9.68. The van der Waals surface area contributed by atoms with E-state index in [-0.39, 0.29) is 11.9 Å². The number of nitrogens with zero attached hydrogens (tertiary/aromatic N) is 2. The summed E-state index contributed by atoms with van der Waals surface area (Å²) in [7, 11) is 1.64. The molecule has 0 aliphatic heterocycles. The predicted octanol–water partition coefficient (Wildman–Crippen LogP) is 7.19. The molecule has 198 valence electrons. The molecule has 1 fully saturated rings. The van der Waals surface area contributed by atoms with Crippen molar-refractivity contribution in [1.82, 2.24) is 15.3 Å². The molecule has 7 nitrogen and oxygen atoms in total.